The van der Waals surface area contributed by atoms with Crippen LogP contribution in [0.1, 0.15) is 44.7 Å². The fourth-order valence-corrected chi connectivity index (χ4v) is 4.62. The van der Waals surface area contributed by atoms with Crippen LogP contribution in [0.3, 0.4) is 0 Å². The van der Waals surface area contributed by atoms with Crippen molar-refractivity contribution in [3.63, 3.8) is 0 Å². The van der Waals surface area contributed by atoms with Crippen LogP contribution in [0.15, 0.2) is 24.3 Å². The summed E-state index contributed by atoms with van der Waals surface area (Å²) in [6.07, 6.45) is 3.33. The highest BCUT2D eigenvalue weighted by Crippen LogP contribution is 2.58. The van der Waals surface area contributed by atoms with Crippen LogP contribution >= 0.6 is 11.6 Å². The molecule has 25 heavy (non-hydrogen) atoms. The first-order chi connectivity index (χ1) is 12.1. The van der Waals surface area contributed by atoms with Crippen molar-refractivity contribution in [3.8, 4) is 0 Å². The number of hydrogen-bond donors (Lipinski definition) is 2. The molecule has 1 spiro atoms. The third-order valence-electron chi connectivity index (χ3n) is 6.09. The normalized spacial score (nSPS) is 22.8. The van der Waals surface area contributed by atoms with Crippen molar-refractivity contribution in [2.75, 3.05) is 32.7 Å². The van der Waals surface area contributed by atoms with Crippen LogP contribution in [-0.2, 0) is 4.79 Å². The minimum absolute atomic E-state index is 0.121. The van der Waals surface area contributed by atoms with Crippen LogP contribution in [0.25, 0.3) is 0 Å². The van der Waals surface area contributed by atoms with Gasteiger partial charge in [0.05, 0.1) is 6.04 Å². The van der Waals surface area contributed by atoms with Gasteiger partial charge in [0.2, 0.25) is 5.91 Å². The Morgan fingerprint density at radius 2 is 2.00 bits per heavy atom. The lowest BCUT2D eigenvalue weighted by molar-refractivity contribution is -0.123. The average Bonchev–Trinajstić information content (AvgIpc) is 3.33. The number of halogens is 1. The zero-order valence-electron chi connectivity index (χ0n) is 15.4. The second-order valence-corrected chi connectivity index (χ2v) is 7.78. The molecule has 5 heteroatoms. The van der Waals surface area contributed by atoms with E-state index in [-0.39, 0.29) is 23.3 Å². The van der Waals surface area contributed by atoms with E-state index in [4.69, 9.17) is 11.6 Å². The number of hydrogen-bond acceptors (Lipinski definition) is 3. The molecule has 1 aromatic rings. The average molecular weight is 364 g/mol. The van der Waals surface area contributed by atoms with Crippen molar-refractivity contribution in [2.24, 2.45) is 11.3 Å². The monoisotopic (exact) mass is 363 g/mol. The summed E-state index contributed by atoms with van der Waals surface area (Å²) in [5, 5.41) is 7.40. The molecule has 1 aliphatic carbocycles. The van der Waals surface area contributed by atoms with Gasteiger partial charge >= 0.3 is 0 Å². The molecule has 1 saturated carbocycles. The summed E-state index contributed by atoms with van der Waals surface area (Å²) in [6, 6.07) is 8.10. The van der Waals surface area contributed by atoms with E-state index in [9.17, 15) is 4.79 Å². The van der Waals surface area contributed by atoms with Gasteiger partial charge in [0.25, 0.3) is 0 Å². The molecule has 2 fully saturated rings. The summed E-state index contributed by atoms with van der Waals surface area (Å²) in [7, 11) is 0. The molecule has 0 bridgehead atoms. The van der Waals surface area contributed by atoms with Crippen molar-refractivity contribution in [3.05, 3.63) is 34.9 Å². The first kappa shape index (κ1) is 18.7. The number of piperidine rings is 1. The van der Waals surface area contributed by atoms with E-state index < -0.39 is 0 Å². The Bertz CT molecular complexity index is 596. The first-order valence-electron chi connectivity index (χ1n) is 9.58. The van der Waals surface area contributed by atoms with E-state index in [1.54, 1.807) is 0 Å². The summed E-state index contributed by atoms with van der Waals surface area (Å²) < 4.78 is 0. The highest BCUT2D eigenvalue weighted by atomic mass is 35.5. The standard InChI is InChI=1S/C20H30ClN3O/c1-3-24(4-2)18(15-7-5-6-8-17(15)21)14-23-19(25)16-13-20(16)9-11-22-12-10-20/h5-8,16,18,22H,3-4,9-14H2,1-2H3,(H,23,25). The number of carbonyl (C=O) groups excluding carboxylic acids is 1. The Balaban J connectivity index is 1.65. The number of likely N-dealkylation sites (N-methyl/N-ethyl adjacent to an activating group) is 1. The predicted molar refractivity (Wildman–Crippen MR) is 103 cm³/mol. The summed E-state index contributed by atoms with van der Waals surface area (Å²) in [5.74, 6) is 0.435. The molecule has 1 aliphatic heterocycles. The van der Waals surface area contributed by atoms with E-state index in [0.29, 0.717) is 6.54 Å². The first-order valence-corrected chi connectivity index (χ1v) is 9.96. The van der Waals surface area contributed by atoms with Gasteiger partial charge in [-0.1, -0.05) is 43.6 Å². The van der Waals surface area contributed by atoms with Gasteiger partial charge in [-0.05, 0) is 62.5 Å². The minimum Gasteiger partial charge on any atom is -0.354 e. The Kier molecular flexibility index (Phi) is 6.03. The highest BCUT2D eigenvalue weighted by Gasteiger charge is 2.57. The summed E-state index contributed by atoms with van der Waals surface area (Å²) >= 11 is 6.44. The fourth-order valence-electron chi connectivity index (χ4n) is 4.36. The lowest BCUT2D eigenvalue weighted by Crippen LogP contribution is -2.40. The van der Waals surface area contributed by atoms with Gasteiger partial charge in [-0.2, -0.15) is 0 Å². The van der Waals surface area contributed by atoms with Crippen LogP contribution in [0.5, 0.6) is 0 Å². The van der Waals surface area contributed by atoms with E-state index in [1.807, 2.05) is 18.2 Å². The molecule has 2 atom stereocenters. The number of rotatable bonds is 7. The van der Waals surface area contributed by atoms with Gasteiger partial charge in [-0.25, -0.2) is 0 Å². The van der Waals surface area contributed by atoms with Gasteiger partial charge in [0, 0.05) is 17.5 Å². The lowest BCUT2D eigenvalue weighted by Gasteiger charge is -2.31. The van der Waals surface area contributed by atoms with Gasteiger partial charge in [-0.3, -0.25) is 9.69 Å². The number of nitrogens with one attached hydrogen (secondary N) is 2. The third kappa shape index (κ3) is 4.02. The van der Waals surface area contributed by atoms with Crippen LogP contribution in [0, 0.1) is 11.3 Å². The van der Waals surface area contributed by atoms with E-state index in [2.05, 4.69) is 35.4 Å². The highest BCUT2D eigenvalue weighted by molar-refractivity contribution is 6.31. The number of nitrogens with zero attached hydrogens (tertiary/aromatic N) is 1. The second kappa shape index (κ2) is 8.07. The Hall–Kier alpha value is -1.10. The summed E-state index contributed by atoms with van der Waals surface area (Å²) in [5.41, 5.74) is 1.38. The lowest BCUT2D eigenvalue weighted by atomic mass is 9.91. The Labute approximate surface area is 156 Å². The topological polar surface area (TPSA) is 44.4 Å². The second-order valence-electron chi connectivity index (χ2n) is 7.37. The predicted octanol–water partition coefficient (Wildman–Crippen LogP) is 3.23. The molecule has 2 N–H and O–H groups in total. The van der Waals surface area contributed by atoms with Crippen LogP contribution in [-0.4, -0.2) is 43.5 Å². The molecule has 1 amide bonds. The molecule has 3 rings (SSSR count). The maximum atomic E-state index is 12.7. The molecule has 0 radical (unpaired) electrons. The van der Waals surface area contributed by atoms with Crippen molar-refractivity contribution in [1.29, 1.82) is 0 Å². The van der Waals surface area contributed by atoms with E-state index in [1.165, 1.54) is 0 Å². The minimum atomic E-state index is 0.121. The van der Waals surface area contributed by atoms with Crippen molar-refractivity contribution in [2.45, 2.75) is 39.2 Å². The molecular weight excluding hydrogens is 334 g/mol. The largest absolute Gasteiger partial charge is 0.354 e. The molecular formula is C20H30ClN3O. The summed E-state index contributed by atoms with van der Waals surface area (Å²) in [6.45, 7) is 8.88. The van der Waals surface area contributed by atoms with Crippen LogP contribution in [0.4, 0.5) is 0 Å². The maximum Gasteiger partial charge on any atom is 0.223 e. The zero-order chi connectivity index (χ0) is 17.9. The van der Waals surface area contributed by atoms with E-state index in [0.717, 1.165) is 56.0 Å². The Morgan fingerprint density at radius 1 is 1.32 bits per heavy atom. The van der Waals surface area contributed by atoms with Crippen molar-refractivity contribution in [1.82, 2.24) is 15.5 Å². The summed E-state index contributed by atoms with van der Waals surface area (Å²) in [4.78, 5) is 15.1. The van der Waals surface area contributed by atoms with Gasteiger partial charge in [0.15, 0.2) is 0 Å². The maximum absolute atomic E-state index is 12.7. The molecule has 2 unspecified atom stereocenters. The van der Waals surface area contributed by atoms with E-state index >= 15 is 0 Å². The SMILES string of the molecule is CCN(CC)C(CNC(=O)C1CC12CCNCC2)c1ccccc1Cl. The molecule has 1 heterocycles. The van der Waals surface area contributed by atoms with Gasteiger partial charge in [0.1, 0.15) is 0 Å². The van der Waals surface area contributed by atoms with Crippen molar-refractivity contribution >= 4 is 17.5 Å². The molecule has 1 saturated heterocycles. The third-order valence-corrected chi connectivity index (χ3v) is 6.44. The molecule has 2 aliphatic rings. The molecule has 138 valence electrons. The van der Waals surface area contributed by atoms with Crippen LogP contribution in [0.2, 0.25) is 5.02 Å². The molecule has 4 nitrogen and oxygen atoms in total. The smallest absolute Gasteiger partial charge is 0.223 e. The van der Waals surface area contributed by atoms with Gasteiger partial charge in [-0.15, -0.1) is 0 Å². The quantitative estimate of drug-likeness (QED) is 0.781. The van der Waals surface area contributed by atoms with Crippen LogP contribution < -0.4 is 10.6 Å². The van der Waals surface area contributed by atoms with Gasteiger partial charge < -0.3 is 10.6 Å². The molecule has 1 aromatic carbocycles. The number of amides is 1. The number of carbonyl (C=O) groups is 1. The zero-order valence-corrected chi connectivity index (χ0v) is 16.1. The fraction of sp³-hybridized carbons (Fsp3) is 0.650. The number of benzene rings is 1. The van der Waals surface area contributed by atoms with Crippen molar-refractivity contribution < 1.29 is 4.79 Å². The molecule has 0 aromatic heterocycles. The Morgan fingerprint density at radius 3 is 2.64 bits per heavy atom.